The van der Waals surface area contributed by atoms with Crippen molar-refractivity contribution in [2.45, 2.75) is 0 Å². The summed E-state index contributed by atoms with van der Waals surface area (Å²) in [4.78, 5) is 2.41. The maximum Gasteiger partial charge on any atom is 0.0553 e. The van der Waals surface area contributed by atoms with Gasteiger partial charge in [-0.15, -0.1) is 0 Å². The van der Waals surface area contributed by atoms with E-state index in [1.54, 1.807) is 0 Å². The van der Waals surface area contributed by atoms with Gasteiger partial charge in [-0.1, -0.05) is 158 Å². The predicted molar refractivity (Wildman–Crippen MR) is 239 cm³/mol. The van der Waals surface area contributed by atoms with Gasteiger partial charge in [0, 0.05) is 33.5 Å². The SMILES string of the molecule is c1ccc(-c2ccc(N(c3cccc(-c4c5ccccc5cc5c4c4ccccc4n5-c4ccccc4)c3)c3ccc4c(ccc5ccccc54)c3)cc2)cc1. The third kappa shape index (κ3) is 5.26. The monoisotopic (exact) mass is 712 g/mol. The largest absolute Gasteiger partial charge is 0.310 e. The Bertz CT molecular complexity index is 3230. The molecule has 0 aliphatic rings. The van der Waals surface area contributed by atoms with Gasteiger partial charge in [-0.2, -0.15) is 0 Å². The molecule has 0 unspecified atom stereocenters. The van der Waals surface area contributed by atoms with E-state index in [1.807, 2.05) is 0 Å². The molecule has 0 spiro atoms. The molecule has 0 aliphatic carbocycles. The van der Waals surface area contributed by atoms with Crippen LogP contribution >= 0.6 is 0 Å². The quantitative estimate of drug-likeness (QED) is 0.156. The molecular weight excluding hydrogens is 677 g/mol. The minimum atomic E-state index is 1.10. The first-order valence-electron chi connectivity index (χ1n) is 19.3. The molecule has 0 radical (unpaired) electrons. The molecule has 2 nitrogen and oxygen atoms in total. The number of anilines is 3. The van der Waals surface area contributed by atoms with Crippen LogP contribution in [0.15, 0.2) is 218 Å². The molecule has 0 N–H and O–H groups in total. The van der Waals surface area contributed by atoms with E-state index in [0.717, 1.165) is 22.7 Å². The number of rotatable bonds is 6. The summed E-state index contributed by atoms with van der Waals surface area (Å²) in [6, 6.07) is 79.5. The summed E-state index contributed by atoms with van der Waals surface area (Å²) in [6.07, 6.45) is 0. The number of benzene rings is 10. The first-order valence-corrected chi connectivity index (χ1v) is 19.3. The molecule has 0 saturated carbocycles. The Morgan fingerprint density at radius 3 is 1.70 bits per heavy atom. The van der Waals surface area contributed by atoms with Crippen molar-refractivity contribution in [1.29, 1.82) is 0 Å². The van der Waals surface area contributed by atoms with Crippen LogP contribution in [-0.4, -0.2) is 4.57 Å². The van der Waals surface area contributed by atoms with Crippen molar-refractivity contribution in [3.63, 3.8) is 0 Å². The molecule has 0 atom stereocenters. The lowest BCUT2D eigenvalue weighted by Crippen LogP contribution is -2.10. The van der Waals surface area contributed by atoms with Crippen LogP contribution in [0, 0.1) is 0 Å². The molecule has 56 heavy (non-hydrogen) atoms. The van der Waals surface area contributed by atoms with Gasteiger partial charge in [-0.05, 0) is 115 Å². The number of aromatic nitrogens is 1. The van der Waals surface area contributed by atoms with E-state index in [2.05, 4.69) is 228 Å². The molecule has 1 aromatic heterocycles. The maximum atomic E-state index is 2.42. The van der Waals surface area contributed by atoms with Crippen LogP contribution in [-0.2, 0) is 0 Å². The molecule has 11 aromatic rings. The van der Waals surface area contributed by atoms with Crippen molar-refractivity contribution in [3.8, 4) is 27.9 Å². The summed E-state index contributed by atoms with van der Waals surface area (Å²) < 4.78 is 2.42. The van der Waals surface area contributed by atoms with Crippen molar-refractivity contribution in [3.05, 3.63) is 218 Å². The van der Waals surface area contributed by atoms with Gasteiger partial charge in [-0.3, -0.25) is 0 Å². The highest BCUT2D eigenvalue weighted by atomic mass is 15.1. The lowest BCUT2D eigenvalue weighted by Gasteiger charge is -2.27. The fourth-order valence-electron chi connectivity index (χ4n) is 8.77. The molecule has 0 bridgehead atoms. The second-order valence-electron chi connectivity index (χ2n) is 14.5. The van der Waals surface area contributed by atoms with E-state index in [1.165, 1.54) is 76.4 Å². The van der Waals surface area contributed by atoms with Crippen LogP contribution < -0.4 is 4.90 Å². The van der Waals surface area contributed by atoms with Crippen LogP contribution in [0.3, 0.4) is 0 Å². The Kier molecular flexibility index (Phi) is 7.53. The summed E-state index contributed by atoms with van der Waals surface area (Å²) in [6.45, 7) is 0. The van der Waals surface area contributed by atoms with Crippen molar-refractivity contribution in [1.82, 2.24) is 4.57 Å². The molecule has 10 aromatic carbocycles. The Morgan fingerprint density at radius 2 is 0.875 bits per heavy atom. The van der Waals surface area contributed by atoms with Gasteiger partial charge in [0.1, 0.15) is 0 Å². The maximum absolute atomic E-state index is 2.42. The summed E-state index contributed by atoms with van der Waals surface area (Å²) in [7, 11) is 0. The average molecular weight is 713 g/mol. The Morgan fingerprint density at radius 1 is 0.304 bits per heavy atom. The topological polar surface area (TPSA) is 8.17 Å². The van der Waals surface area contributed by atoms with Gasteiger partial charge in [0.05, 0.1) is 11.0 Å². The highest BCUT2D eigenvalue weighted by molar-refractivity contribution is 6.23. The Hall–Kier alpha value is -7.42. The molecular formula is C54H36N2. The second kappa shape index (κ2) is 13.2. The lowest BCUT2D eigenvalue weighted by molar-refractivity contribution is 1.18. The number of para-hydroxylation sites is 2. The first-order chi connectivity index (χ1) is 27.8. The molecule has 262 valence electrons. The summed E-state index contributed by atoms with van der Waals surface area (Å²) in [5.41, 5.74) is 11.7. The standard InChI is InChI=1S/C54H36N2/c1-3-14-37(15-4-1)38-28-30-44(31-29-38)55(46-32-33-48-41(34-46)27-26-39-16-7-9-22-47(39)48)45-21-13-18-42(35-45)53-49-23-10-8-17-40(49)36-52-54(53)50-24-11-12-25-51(50)56(52)43-19-5-2-6-20-43/h1-36H. The average Bonchev–Trinajstić information content (AvgIpc) is 3.60. The summed E-state index contributed by atoms with van der Waals surface area (Å²) in [5.74, 6) is 0. The van der Waals surface area contributed by atoms with E-state index in [0.29, 0.717) is 0 Å². The van der Waals surface area contributed by atoms with Gasteiger partial charge in [-0.25, -0.2) is 0 Å². The van der Waals surface area contributed by atoms with E-state index in [-0.39, 0.29) is 0 Å². The van der Waals surface area contributed by atoms with Crippen molar-refractivity contribution in [2.75, 3.05) is 4.90 Å². The number of hydrogen-bond donors (Lipinski definition) is 0. The molecule has 0 saturated heterocycles. The highest BCUT2D eigenvalue weighted by Crippen LogP contribution is 2.45. The van der Waals surface area contributed by atoms with Gasteiger partial charge in [0.15, 0.2) is 0 Å². The Labute approximate surface area is 325 Å². The molecule has 11 rings (SSSR count). The zero-order valence-corrected chi connectivity index (χ0v) is 30.7. The lowest BCUT2D eigenvalue weighted by atomic mass is 9.92. The Balaban J connectivity index is 1.15. The van der Waals surface area contributed by atoms with E-state index >= 15 is 0 Å². The molecule has 1 heterocycles. The first kappa shape index (κ1) is 32.0. The fourth-order valence-corrected chi connectivity index (χ4v) is 8.77. The zero-order valence-electron chi connectivity index (χ0n) is 30.7. The van der Waals surface area contributed by atoms with Crippen LogP contribution in [0.25, 0.3) is 82.1 Å². The zero-order chi connectivity index (χ0) is 37.0. The van der Waals surface area contributed by atoms with Crippen LogP contribution in [0.5, 0.6) is 0 Å². The molecule has 0 amide bonds. The molecule has 2 heteroatoms. The van der Waals surface area contributed by atoms with Crippen LogP contribution in [0.1, 0.15) is 0 Å². The predicted octanol–water partition coefficient (Wildman–Crippen LogP) is 15.0. The third-order valence-electron chi connectivity index (χ3n) is 11.3. The molecule has 0 fully saturated rings. The summed E-state index contributed by atoms with van der Waals surface area (Å²) in [5, 5.41) is 9.96. The van der Waals surface area contributed by atoms with Crippen molar-refractivity contribution in [2.24, 2.45) is 0 Å². The van der Waals surface area contributed by atoms with Gasteiger partial charge < -0.3 is 9.47 Å². The van der Waals surface area contributed by atoms with E-state index < -0.39 is 0 Å². The number of fused-ring (bicyclic) bond motifs is 7. The normalized spacial score (nSPS) is 11.6. The van der Waals surface area contributed by atoms with Gasteiger partial charge in [0.25, 0.3) is 0 Å². The smallest absolute Gasteiger partial charge is 0.0553 e. The second-order valence-corrected chi connectivity index (χ2v) is 14.5. The minimum absolute atomic E-state index is 1.10. The molecule has 0 aliphatic heterocycles. The van der Waals surface area contributed by atoms with Crippen molar-refractivity contribution < 1.29 is 0 Å². The van der Waals surface area contributed by atoms with Crippen LogP contribution in [0.2, 0.25) is 0 Å². The fraction of sp³-hybridized carbons (Fsp3) is 0. The van der Waals surface area contributed by atoms with Crippen molar-refractivity contribution >= 4 is 71.2 Å². The van der Waals surface area contributed by atoms with Gasteiger partial charge in [0.2, 0.25) is 0 Å². The van der Waals surface area contributed by atoms with E-state index in [4.69, 9.17) is 0 Å². The third-order valence-corrected chi connectivity index (χ3v) is 11.3. The minimum Gasteiger partial charge on any atom is -0.310 e. The highest BCUT2D eigenvalue weighted by Gasteiger charge is 2.21. The van der Waals surface area contributed by atoms with Crippen LogP contribution in [0.4, 0.5) is 17.1 Å². The van der Waals surface area contributed by atoms with Gasteiger partial charge >= 0.3 is 0 Å². The number of nitrogens with zero attached hydrogens (tertiary/aromatic N) is 2. The summed E-state index contributed by atoms with van der Waals surface area (Å²) >= 11 is 0. The number of hydrogen-bond acceptors (Lipinski definition) is 1. The van der Waals surface area contributed by atoms with E-state index in [9.17, 15) is 0 Å².